The van der Waals surface area contributed by atoms with Crippen LogP contribution in [0.1, 0.15) is 23.3 Å². The standard InChI is InChI=1S/C23H23F2N5O2/c24-17-6-8-20(9-7-17)30-12-10-21(28-30)22(31)29-11-2-3-16(15-29)14-26-23(32)27-19-5-1-4-18(25)13-19/h1,4-10,12-13,16H,2-3,11,14-15H2,(H2,26,27,32). The van der Waals surface area contributed by atoms with Crippen molar-refractivity contribution in [3.05, 3.63) is 78.1 Å². The van der Waals surface area contributed by atoms with Gasteiger partial charge in [-0.05, 0) is 67.3 Å². The lowest BCUT2D eigenvalue weighted by atomic mass is 9.98. The van der Waals surface area contributed by atoms with Crippen LogP contribution in [0.3, 0.4) is 0 Å². The number of piperidine rings is 1. The molecule has 2 N–H and O–H groups in total. The Morgan fingerprint density at radius 1 is 1.06 bits per heavy atom. The molecular formula is C23H23F2N5O2. The number of halogens is 2. The smallest absolute Gasteiger partial charge is 0.319 e. The van der Waals surface area contributed by atoms with Crippen LogP contribution in [0, 0.1) is 17.6 Å². The van der Waals surface area contributed by atoms with Gasteiger partial charge in [0.15, 0.2) is 5.69 Å². The lowest BCUT2D eigenvalue weighted by Gasteiger charge is -2.32. The summed E-state index contributed by atoms with van der Waals surface area (Å²) in [6.07, 6.45) is 3.37. The number of likely N-dealkylation sites (tertiary alicyclic amines) is 1. The van der Waals surface area contributed by atoms with Crippen molar-refractivity contribution in [1.82, 2.24) is 20.0 Å². The number of nitrogens with one attached hydrogen (secondary N) is 2. The summed E-state index contributed by atoms with van der Waals surface area (Å²) in [6, 6.07) is 12.8. The first-order valence-electron chi connectivity index (χ1n) is 10.4. The zero-order valence-electron chi connectivity index (χ0n) is 17.3. The normalized spacial score (nSPS) is 15.9. The molecule has 0 saturated carbocycles. The number of hydrogen-bond acceptors (Lipinski definition) is 3. The van der Waals surface area contributed by atoms with Gasteiger partial charge in [0.05, 0.1) is 5.69 Å². The summed E-state index contributed by atoms with van der Waals surface area (Å²) in [7, 11) is 0. The Balaban J connectivity index is 1.31. The SMILES string of the molecule is O=C(NCC1CCCN(C(=O)c2ccn(-c3ccc(F)cc3)n2)C1)Nc1cccc(F)c1. The Hall–Kier alpha value is -3.75. The average Bonchev–Trinajstić information content (AvgIpc) is 3.28. The van der Waals surface area contributed by atoms with E-state index in [1.54, 1.807) is 35.4 Å². The summed E-state index contributed by atoms with van der Waals surface area (Å²) in [5.41, 5.74) is 1.35. The predicted molar refractivity (Wildman–Crippen MR) is 116 cm³/mol. The third kappa shape index (κ3) is 5.29. The van der Waals surface area contributed by atoms with Gasteiger partial charge in [0, 0.05) is 31.5 Å². The van der Waals surface area contributed by atoms with E-state index in [4.69, 9.17) is 0 Å². The maximum Gasteiger partial charge on any atom is 0.319 e. The number of amides is 3. The van der Waals surface area contributed by atoms with Gasteiger partial charge in [-0.25, -0.2) is 18.3 Å². The number of urea groups is 1. The molecule has 2 aromatic carbocycles. The number of hydrogen-bond donors (Lipinski definition) is 2. The molecule has 32 heavy (non-hydrogen) atoms. The molecule has 0 radical (unpaired) electrons. The maximum atomic E-state index is 13.2. The van der Waals surface area contributed by atoms with Crippen molar-refractivity contribution >= 4 is 17.6 Å². The van der Waals surface area contributed by atoms with Crippen molar-refractivity contribution in [3.63, 3.8) is 0 Å². The number of carbonyl (C=O) groups excluding carboxylic acids is 2. The number of rotatable bonds is 5. The van der Waals surface area contributed by atoms with Crippen LogP contribution < -0.4 is 10.6 Å². The molecule has 1 atom stereocenters. The molecule has 0 spiro atoms. The van der Waals surface area contributed by atoms with Crippen molar-refractivity contribution in [2.24, 2.45) is 5.92 Å². The second-order valence-electron chi connectivity index (χ2n) is 7.73. The summed E-state index contributed by atoms with van der Waals surface area (Å²) < 4.78 is 27.9. The van der Waals surface area contributed by atoms with Crippen LogP contribution >= 0.6 is 0 Å². The Labute approximate surface area is 184 Å². The molecule has 0 aliphatic carbocycles. The zero-order valence-corrected chi connectivity index (χ0v) is 17.3. The molecule has 1 aromatic heterocycles. The van der Waals surface area contributed by atoms with Crippen LogP contribution in [-0.4, -0.2) is 46.3 Å². The van der Waals surface area contributed by atoms with E-state index in [1.165, 1.54) is 35.0 Å². The first-order valence-corrected chi connectivity index (χ1v) is 10.4. The Morgan fingerprint density at radius 3 is 2.66 bits per heavy atom. The van der Waals surface area contributed by atoms with Crippen molar-refractivity contribution in [3.8, 4) is 5.69 Å². The topological polar surface area (TPSA) is 79.3 Å². The van der Waals surface area contributed by atoms with Crippen LogP contribution in [-0.2, 0) is 0 Å². The molecule has 3 aromatic rings. The lowest BCUT2D eigenvalue weighted by Crippen LogP contribution is -2.44. The Kier molecular flexibility index (Phi) is 6.44. The van der Waals surface area contributed by atoms with E-state index >= 15 is 0 Å². The minimum atomic E-state index is -0.425. The van der Waals surface area contributed by atoms with Crippen molar-refractivity contribution < 1.29 is 18.4 Å². The zero-order chi connectivity index (χ0) is 22.5. The predicted octanol–water partition coefficient (Wildman–Crippen LogP) is 3.82. The average molecular weight is 439 g/mol. The van der Waals surface area contributed by atoms with E-state index in [2.05, 4.69) is 15.7 Å². The Bertz CT molecular complexity index is 1100. The molecule has 9 heteroatoms. The van der Waals surface area contributed by atoms with Gasteiger partial charge in [-0.15, -0.1) is 0 Å². The highest BCUT2D eigenvalue weighted by Gasteiger charge is 2.26. The summed E-state index contributed by atoms with van der Waals surface area (Å²) in [5.74, 6) is -0.842. The molecule has 1 aliphatic rings. The minimum Gasteiger partial charge on any atom is -0.338 e. The molecule has 0 bridgehead atoms. The van der Waals surface area contributed by atoms with Gasteiger partial charge in [0.25, 0.3) is 5.91 Å². The van der Waals surface area contributed by atoms with Gasteiger partial charge in [0.2, 0.25) is 0 Å². The maximum absolute atomic E-state index is 13.2. The minimum absolute atomic E-state index is 0.102. The first kappa shape index (κ1) is 21.5. The quantitative estimate of drug-likeness (QED) is 0.634. The van der Waals surface area contributed by atoms with Gasteiger partial charge < -0.3 is 15.5 Å². The molecular weight excluding hydrogens is 416 g/mol. The van der Waals surface area contributed by atoms with E-state index in [1.807, 2.05) is 0 Å². The van der Waals surface area contributed by atoms with Crippen molar-refractivity contribution in [2.75, 3.05) is 25.0 Å². The van der Waals surface area contributed by atoms with Gasteiger partial charge in [0.1, 0.15) is 11.6 Å². The van der Waals surface area contributed by atoms with Crippen molar-refractivity contribution in [2.45, 2.75) is 12.8 Å². The first-order chi connectivity index (χ1) is 15.5. The number of benzene rings is 2. The van der Waals surface area contributed by atoms with E-state index in [0.717, 1.165) is 12.8 Å². The summed E-state index contributed by atoms with van der Waals surface area (Å²) in [6.45, 7) is 1.52. The fourth-order valence-corrected chi connectivity index (χ4v) is 3.73. The molecule has 3 amide bonds. The number of carbonyl (C=O) groups is 2. The second-order valence-corrected chi connectivity index (χ2v) is 7.73. The second kappa shape index (κ2) is 9.59. The highest BCUT2D eigenvalue weighted by Crippen LogP contribution is 2.18. The highest BCUT2D eigenvalue weighted by molar-refractivity contribution is 5.92. The summed E-state index contributed by atoms with van der Waals surface area (Å²) >= 11 is 0. The summed E-state index contributed by atoms with van der Waals surface area (Å²) in [5, 5.41) is 9.72. The third-order valence-corrected chi connectivity index (χ3v) is 5.34. The van der Waals surface area contributed by atoms with E-state index in [-0.39, 0.29) is 17.6 Å². The van der Waals surface area contributed by atoms with E-state index in [0.29, 0.717) is 36.7 Å². The fraction of sp³-hybridized carbons (Fsp3) is 0.261. The molecule has 7 nitrogen and oxygen atoms in total. The molecule has 2 heterocycles. The molecule has 1 aliphatic heterocycles. The van der Waals surface area contributed by atoms with Gasteiger partial charge in [-0.2, -0.15) is 5.10 Å². The van der Waals surface area contributed by atoms with Crippen LogP contribution in [0.5, 0.6) is 0 Å². The number of nitrogens with zero attached hydrogens (tertiary/aromatic N) is 3. The Morgan fingerprint density at radius 2 is 1.88 bits per heavy atom. The number of aromatic nitrogens is 2. The largest absolute Gasteiger partial charge is 0.338 e. The van der Waals surface area contributed by atoms with E-state index < -0.39 is 11.8 Å². The molecule has 1 saturated heterocycles. The molecule has 4 rings (SSSR count). The van der Waals surface area contributed by atoms with Crippen LogP contribution in [0.15, 0.2) is 60.8 Å². The molecule has 1 fully saturated rings. The van der Waals surface area contributed by atoms with Gasteiger partial charge >= 0.3 is 6.03 Å². The van der Waals surface area contributed by atoms with Crippen LogP contribution in [0.25, 0.3) is 5.69 Å². The number of anilines is 1. The monoisotopic (exact) mass is 439 g/mol. The van der Waals surface area contributed by atoms with Gasteiger partial charge in [-0.3, -0.25) is 4.79 Å². The fourth-order valence-electron chi connectivity index (χ4n) is 3.73. The van der Waals surface area contributed by atoms with Crippen LogP contribution in [0.4, 0.5) is 19.3 Å². The van der Waals surface area contributed by atoms with Crippen LogP contribution in [0.2, 0.25) is 0 Å². The highest BCUT2D eigenvalue weighted by atomic mass is 19.1. The third-order valence-electron chi connectivity index (χ3n) is 5.34. The van der Waals surface area contributed by atoms with Crippen molar-refractivity contribution in [1.29, 1.82) is 0 Å². The summed E-state index contributed by atoms with van der Waals surface area (Å²) in [4.78, 5) is 26.7. The lowest BCUT2D eigenvalue weighted by molar-refractivity contribution is 0.0668. The van der Waals surface area contributed by atoms with E-state index in [9.17, 15) is 18.4 Å². The van der Waals surface area contributed by atoms with Gasteiger partial charge in [-0.1, -0.05) is 6.07 Å². The molecule has 1 unspecified atom stereocenters. The molecule has 166 valence electrons.